The second kappa shape index (κ2) is 9.56. The summed E-state index contributed by atoms with van der Waals surface area (Å²) in [5.74, 6) is 0.885. The molecule has 0 saturated carbocycles. The van der Waals surface area contributed by atoms with Gasteiger partial charge in [-0.1, -0.05) is 35.9 Å². The molecular formula is C19H25ClN2O. The molecule has 0 unspecified atom stereocenters. The van der Waals surface area contributed by atoms with Gasteiger partial charge in [-0.25, -0.2) is 0 Å². The monoisotopic (exact) mass is 332 g/mol. The summed E-state index contributed by atoms with van der Waals surface area (Å²) in [5.41, 5.74) is 2.38. The molecule has 0 aromatic heterocycles. The molecule has 0 amide bonds. The van der Waals surface area contributed by atoms with Crippen LogP contribution in [0, 0.1) is 0 Å². The Labute approximate surface area is 144 Å². The molecule has 2 aromatic rings. The Bertz CT molecular complexity index is 567. The predicted octanol–water partition coefficient (Wildman–Crippen LogP) is 3.96. The van der Waals surface area contributed by atoms with Gasteiger partial charge < -0.3 is 15.0 Å². The number of nitrogens with one attached hydrogen (secondary N) is 1. The third-order valence-electron chi connectivity index (χ3n) is 3.53. The smallest absolute Gasteiger partial charge is 0.119 e. The molecule has 23 heavy (non-hydrogen) atoms. The maximum absolute atomic E-state index is 5.87. The van der Waals surface area contributed by atoms with Crippen molar-refractivity contribution in [2.45, 2.75) is 19.6 Å². The molecular weight excluding hydrogens is 308 g/mol. The number of nitrogens with zero attached hydrogens (tertiary/aromatic N) is 1. The van der Waals surface area contributed by atoms with Crippen LogP contribution in [-0.4, -0.2) is 32.1 Å². The maximum Gasteiger partial charge on any atom is 0.119 e. The summed E-state index contributed by atoms with van der Waals surface area (Å²) < 4.78 is 5.79. The van der Waals surface area contributed by atoms with E-state index in [1.165, 1.54) is 5.56 Å². The van der Waals surface area contributed by atoms with Crippen LogP contribution in [0.5, 0.6) is 5.75 Å². The Balaban J connectivity index is 1.70. The van der Waals surface area contributed by atoms with Gasteiger partial charge in [0.2, 0.25) is 0 Å². The van der Waals surface area contributed by atoms with Gasteiger partial charge >= 0.3 is 0 Å². The number of benzene rings is 2. The van der Waals surface area contributed by atoms with E-state index in [9.17, 15) is 0 Å². The minimum absolute atomic E-state index is 0.555. The second-order valence-corrected chi connectivity index (χ2v) is 6.33. The highest BCUT2D eigenvalue weighted by Crippen LogP contribution is 2.15. The van der Waals surface area contributed by atoms with Gasteiger partial charge in [-0.05, 0) is 69.0 Å². The molecule has 0 saturated heterocycles. The van der Waals surface area contributed by atoms with Crippen LogP contribution in [0.25, 0.3) is 0 Å². The summed E-state index contributed by atoms with van der Waals surface area (Å²) in [6.45, 7) is 3.60. The Morgan fingerprint density at radius 3 is 2.26 bits per heavy atom. The standard InChI is InChI=1S/C19H25ClN2O/c1-22(2)13-3-12-21-14-16-6-10-19(11-7-16)23-15-17-4-8-18(20)9-5-17/h4-11,21H,3,12-15H2,1-2H3. The molecule has 0 aliphatic rings. The van der Waals surface area contributed by atoms with Gasteiger partial charge in [0.15, 0.2) is 0 Å². The SMILES string of the molecule is CN(C)CCCNCc1ccc(OCc2ccc(Cl)cc2)cc1. The molecule has 0 atom stereocenters. The molecule has 0 bridgehead atoms. The van der Waals surface area contributed by atoms with Crippen molar-refractivity contribution in [1.29, 1.82) is 0 Å². The van der Waals surface area contributed by atoms with Gasteiger partial charge in [-0.15, -0.1) is 0 Å². The van der Waals surface area contributed by atoms with Crippen molar-refractivity contribution in [3.8, 4) is 5.75 Å². The van der Waals surface area contributed by atoms with Crippen molar-refractivity contribution < 1.29 is 4.74 Å². The predicted molar refractivity (Wildman–Crippen MR) is 97.1 cm³/mol. The summed E-state index contributed by atoms with van der Waals surface area (Å²) in [7, 11) is 4.20. The molecule has 0 spiro atoms. The van der Waals surface area contributed by atoms with Gasteiger partial charge in [0, 0.05) is 11.6 Å². The zero-order chi connectivity index (χ0) is 16.5. The largest absolute Gasteiger partial charge is 0.489 e. The lowest BCUT2D eigenvalue weighted by molar-refractivity contribution is 0.306. The summed E-state index contributed by atoms with van der Waals surface area (Å²) >= 11 is 5.87. The molecule has 4 heteroatoms. The fourth-order valence-corrected chi connectivity index (χ4v) is 2.33. The van der Waals surface area contributed by atoms with Crippen molar-refractivity contribution in [3.63, 3.8) is 0 Å². The van der Waals surface area contributed by atoms with Crippen molar-refractivity contribution in [1.82, 2.24) is 10.2 Å². The van der Waals surface area contributed by atoms with Crippen LogP contribution in [0.4, 0.5) is 0 Å². The zero-order valence-corrected chi connectivity index (χ0v) is 14.6. The van der Waals surface area contributed by atoms with Crippen molar-refractivity contribution in [2.75, 3.05) is 27.2 Å². The average Bonchev–Trinajstić information content (AvgIpc) is 2.55. The number of ether oxygens (including phenoxy) is 1. The van der Waals surface area contributed by atoms with Crippen LogP contribution < -0.4 is 10.1 Å². The lowest BCUT2D eigenvalue weighted by Crippen LogP contribution is -2.20. The average molecular weight is 333 g/mol. The Morgan fingerprint density at radius 2 is 1.61 bits per heavy atom. The highest BCUT2D eigenvalue weighted by atomic mass is 35.5. The van der Waals surface area contributed by atoms with Crippen LogP contribution in [0.2, 0.25) is 5.02 Å². The molecule has 1 N–H and O–H groups in total. The van der Waals surface area contributed by atoms with E-state index in [1.807, 2.05) is 36.4 Å². The molecule has 124 valence electrons. The molecule has 0 fully saturated rings. The summed E-state index contributed by atoms with van der Waals surface area (Å²) in [6.07, 6.45) is 1.16. The van der Waals surface area contributed by atoms with E-state index in [-0.39, 0.29) is 0 Å². The van der Waals surface area contributed by atoms with Crippen molar-refractivity contribution >= 4 is 11.6 Å². The first-order chi connectivity index (χ1) is 11.1. The quantitative estimate of drug-likeness (QED) is 0.703. The number of halogens is 1. The van der Waals surface area contributed by atoms with E-state index in [0.29, 0.717) is 6.61 Å². The van der Waals surface area contributed by atoms with Gasteiger partial charge in [0.05, 0.1) is 0 Å². The van der Waals surface area contributed by atoms with Crippen LogP contribution in [-0.2, 0) is 13.2 Å². The van der Waals surface area contributed by atoms with Crippen molar-refractivity contribution in [2.24, 2.45) is 0 Å². The highest BCUT2D eigenvalue weighted by molar-refractivity contribution is 6.30. The molecule has 3 nitrogen and oxygen atoms in total. The van der Waals surface area contributed by atoms with E-state index < -0.39 is 0 Å². The molecule has 0 aliphatic heterocycles. The molecule has 2 aromatic carbocycles. The topological polar surface area (TPSA) is 24.5 Å². The molecule has 0 aliphatic carbocycles. The molecule has 0 radical (unpaired) electrons. The third kappa shape index (κ3) is 7.04. The normalized spacial score (nSPS) is 11.0. The van der Waals surface area contributed by atoms with Crippen LogP contribution in [0.1, 0.15) is 17.5 Å². The minimum atomic E-state index is 0.555. The fourth-order valence-electron chi connectivity index (χ4n) is 2.20. The fraction of sp³-hybridized carbons (Fsp3) is 0.368. The third-order valence-corrected chi connectivity index (χ3v) is 3.78. The first kappa shape index (κ1) is 17.8. The number of hydrogen-bond acceptors (Lipinski definition) is 3. The van der Waals surface area contributed by atoms with Crippen LogP contribution >= 0.6 is 11.6 Å². The lowest BCUT2D eigenvalue weighted by atomic mass is 10.2. The zero-order valence-electron chi connectivity index (χ0n) is 13.9. The Kier molecular flexibility index (Phi) is 7.40. The van der Waals surface area contributed by atoms with E-state index in [2.05, 4.69) is 36.4 Å². The van der Waals surface area contributed by atoms with E-state index in [4.69, 9.17) is 16.3 Å². The second-order valence-electron chi connectivity index (χ2n) is 5.89. The van der Waals surface area contributed by atoms with Crippen LogP contribution in [0.15, 0.2) is 48.5 Å². The van der Waals surface area contributed by atoms with Gasteiger partial charge in [-0.3, -0.25) is 0 Å². The van der Waals surface area contributed by atoms with Crippen molar-refractivity contribution in [3.05, 3.63) is 64.7 Å². The van der Waals surface area contributed by atoms with E-state index in [1.54, 1.807) is 0 Å². The van der Waals surface area contributed by atoms with E-state index in [0.717, 1.165) is 42.4 Å². The van der Waals surface area contributed by atoms with E-state index >= 15 is 0 Å². The summed E-state index contributed by atoms with van der Waals surface area (Å²) in [4.78, 5) is 2.20. The minimum Gasteiger partial charge on any atom is -0.489 e. The molecule has 0 heterocycles. The first-order valence-electron chi connectivity index (χ1n) is 7.95. The highest BCUT2D eigenvalue weighted by Gasteiger charge is 1.98. The number of hydrogen-bond donors (Lipinski definition) is 1. The maximum atomic E-state index is 5.87. The summed E-state index contributed by atoms with van der Waals surface area (Å²) in [6, 6.07) is 16.0. The Morgan fingerprint density at radius 1 is 0.957 bits per heavy atom. The van der Waals surface area contributed by atoms with Gasteiger partial charge in [-0.2, -0.15) is 0 Å². The van der Waals surface area contributed by atoms with Gasteiger partial charge in [0.1, 0.15) is 12.4 Å². The molecule has 2 rings (SSSR count). The Hall–Kier alpha value is -1.55. The lowest BCUT2D eigenvalue weighted by Gasteiger charge is -2.10. The number of rotatable bonds is 9. The van der Waals surface area contributed by atoms with Gasteiger partial charge in [0.25, 0.3) is 0 Å². The summed E-state index contributed by atoms with van der Waals surface area (Å²) in [5, 5.41) is 4.21. The van der Waals surface area contributed by atoms with Crippen LogP contribution in [0.3, 0.4) is 0 Å². The first-order valence-corrected chi connectivity index (χ1v) is 8.33.